The number of anilines is 3. The molecule has 7 nitrogen and oxygen atoms in total. The molecule has 0 spiro atoms. The van der Waals surface area contributed by atoms with E-state index in [9.17, 15) is 14.0 Å². The molecule has 0 saturated heterocycles. The van der Waals surface area contributed by atoms with Gasteiger partial charge >= 0.3 is 0 Å². The fraction of sp³-hybridized carbons (Fsp3) is 0.263. The average molecular weight is 381 g/mol. The van der Waals surface area contributed by atoms with E-state index in [1.807, 2.05) is 19.1 Å². The van der Waals surface area contributed by atoms with E-state index in [4.69, 9.17) is 0 Å². The summed E-state index contributed by atoms with van der Waals surface area (Å²) in [6.45, 7) is 1.81. The molecule has 28 heavy (non-hydrogen) atoms. The number of aromatic nitrogens is 4. The van der Waals surface area contributed by atoms with Gasteiger partial charge in [-0.05, 0) is 37.5 Å². The second-order valence-corrected chi connectivity index (χ2v) is 6.71. The first-order valence-electron chi connectivity index (χ1n) is 8.84. The van der Waals surface area contributed by atoms with E-state index in [0.717, 1.165) is 24.6 Å². The normalized spacial score (nSPS) is 14.4. The van der Waals surface area contributed by atoms with Gasteiger partial charge < -0.3 is 10.6 Å². The van der Waals surface area contributed by atoms with Crippen LogP contribution < -0.4 is 10.6 Å². The summed E-state index contributed by atoms with van der Waals surface area (Å²) < 4.78 is 27.4. The van der Waals surface area contributed by atoms with Gasteiger partial charge in [0, 0.05) is 23.9 Å². The second-order valence-electron chi connectivity index (χ2n) is 6.71. The van der Waals surface area contributed by atoms with Crippen molar-refractivity contribution in [3.8, 4) is 6.07 Å². The number of nitriles is 1. The number of pyridine rings is 2. The highest BCUT2D eigenvalue weighted by Gasteiger charge is 2.25. The summed E-state index contributed by atoms with van der Waals surface area (Å²) in [5, 5.41) is 22.3. The van der Waals surface area contributed by atoms with Crippen molar-refractivity contribution in [3.63, 3.8) is 0 Å². The highest BCUT2D eigenvalue weighted by Crippen LogP contribution is 2.39. The zero-order chi connectivity index (χ0) is 19.7. The van der Waals surface area contributed by atoms with Crippen molar-refractivity contribution in [2.45, 2.75) is 31.7 Å². The number of hydrogen-bond acceptors (Lipinski definition) is 6. The highest BCUT2D eigenvalue weighted by atomic mass is 19.1. The smallest absolute Gasteiger partial charge is 0.212 e. The lowest BCUT2D eigenvalue weighted by atomic mass is 10.1. The predicted molar refractivity (Wildman–Crippen MR) is 99.0 cm³/mol. The number of halogens is 2. The molecular weight excluding hydrogens is 364 g/mol. The lowest BCUT2D eigenvalue weighted by Crippen LogP contribution is -2.11. The van der Waals surface area contributed by atoms with Crippen LogP contribution in [0.1, 0.15) is 48.5 Å². The summed E-state index contributed by atoms with van der Waals surface area (Å²) in [6.07, 6.45) is 3.63. The van der Waals surface area contributed by atoms with Crippen LogP contribution in [0.2, 0.25) is 0 Å². The molecule has 3 N–H and O–H groups in total. The average Bonchev–Trinajstić information content (AvgIpc) is 3.44. The van der Waals surface area contributed by atoms with Crippen LogP contribution in [0.4, 0.5) is 26.2 Å². The first-order valence-corrected chi connectivity index (χ1v) is 8.84. The van der Waals surface area contributed by atoms with Crippen LogP contribution >= 0.6 is 0 Å². The standard InChI is InChI=1S/C19H17F2N7/c1-10(12-4-5-16(21)23-9-12)24-18-13(8-22)6-14(20)19(26-18)25-17-7-15(27-28-17)11-2-3-11/h4-7,9-11H,2-3H2,1H3,(H3,24,25,26,27,28). The molecular formula is C19H17F2N7. The Balaban J connectivity index is 1.57. The van der Waals surface area contributed by atoms with Crippen LogP contribution in [-0.4, -0.2) is 20.2 Å². The number of H-pyrrole nitrogens is 1. The zero-order valence-electron chi connectivity index (χ0n) is 15.0. The zero-order valence-corrected chi connectivity index (χ0v) is 15.0. The monoisotopic (exact) mass is 381 g/mol. The summed E-state index contributed by atoms with van der Waals surface area (Å²) in [7, 11) is 0. The number of nitrogens with one attached hydrogen (secondary N) is 3. The van der Waals surface area contributed by atoms with E-state index in [0.29, 0.717) is 17.3 Å². The summed E-state index contributed by atoms with van der Waals surface area (Å²) in [5.41, 5.74) is 1.77. The van der Waals surface area contributed by atoms with Crippen LogP contribution in [0.3, 0.4) is 0 Å². The van der Waals surface area contributed by atoms with Crippen LogP contribution in [-0.2, 0) is 0 Å². The van der Waals surface area contributed by atoms with Crippen LogP contribution in [0.5, 0.6) is 0 Å². The number of aromatic amines is 1. The van der Waals surface area contributed by atoms with Gasteiger partial charge in [0.25, 0.3) is 0 Å². The molecule has 0 bridgehead atoms. The van der Waals surface area contributed by atoms with Gasteiger partial charge in [0.2, 0.25) is 5.95 Å². The quantitative estimate of drug-likeness (QED) is 0.555. The van der Waals surface area contributed by atoms with Gasteiger partial charge in [-0.2, -0.15) is 14.8 Å². The third-order valence-corrected chi connectivity index (χ3v) is 4.56. The Bertz CT molecular complexity index is 1040. The molecule has 3 aromatic heterocycles. The number of nitrogens with zero attached hydrogens (tertiary/aromatic N) is 4. The van der Waals surface area contributed by atoms with Gasteiger partial charge in [-0.1, -0.05) is 6.07 Å². The van der Waals surface area contributed by atoms with Crippen molar-refractivity contribution < 1.29 is 8.78 Å². The number of rotatable bonds is 6. The molecule has 1 saturated carbocycles. The number of hydrogen-bond donors (Lipinski definition) is 3. The van der Waals surface area contributed by atoms with Crippen molar-refractivity contribution in [3.05, 3.63) is 59.0 Å². The molecule has 4 rings (SSSR count). The third-order valence-electron chi connectivity index (χ3n) is 4.56. The van der Waals surface area contributed by atoms with Crippen molar-refractivity contribution in [1.29, 1.82) is 5.26 Å². The molecule has 142 valence electrons. The summed E-state index contributed by atoms with van der Waals surface area (Å²) in [4.78, 5) is 7.84. The van der Waals surface area contributed by atoms with Crippen molar-refractivity contribution >= 4 is 17.5 Å². The maximum atomic E-state index is 14.4. The largest absolute Gasteiger partial charge is 0.362 e. The Labute approximate surface area is 159 Å². The molecule has 1 aliphatic rings. The highest BCUT2D eigenvalue weighted by molar-refractivity contribution is 5.62. The Morgan fingerprint density at radius 1 is 1.25 bits per heavy atom. The van der Waals surface area contributed by atoms with E-state index in [-0.39, 0.29) is 23.2 Å². The molecule has 0 aliphatic heterocycles. The molecule has 1 atom stereocenters. The van der Waals surface area contributed by atoms with Gasteiger partial charge in [0.1, 0.15) is 11.9 Å². The van der Waals surface area contributed by atoms with E-state index in [2.05, 4.69) is 30.8 Å². The van der Waals surface area contributed by atoms with Gasteiger partial charge in [0.05, 0.1) is 11.6 Å². The summed E-state index contributed by atoms with van der Waals surface area (Å²) in [5.74, 6) is -0.122. The first-order chi connectivity index (χ1) is 13.5. The van der Waals surface area contributed by atoms with Crippen molar-refractivity contribution in [1.82, 2.24) is 20.2 Å². The fourth-order valence-corrected chi connectivity index (χ4v) is 2.83. The minimum Gasteiger partial charge on any atom is -0.362 e. The van der Waals surface area contributed by atoms with Crippen LogP contribution in [0.15, 0.2) is 30.5 Å². The Hall–Kier alpha value is -3.54. The van der Waals surface area contributed by atoms with E-state index >= 15 is 0 Å². The lowest BCUT2D eigenvalue weighted by Gasteiger charge is -2.16. The van der Waals surface area contributed by atoms with Crippen LogP contribution in [0, 0.1) is 23.1 Å². The SMILES string of the molecule is CC(Nc1nc(Nc2cc(C3CC3)[nH]n2)c(F)cc1C#N)c1ccc(F)nc1. The molecule has 0 aromatic carbocycles. The second kappa shape index (κ2) is 7.23. The minimum atomic E-state index is -0.658. The summed E-state index contributed by atoms with van der Waals surface area (Å²) >= 11 is 0. The molecule has 0 amide bonds. The molecule has 1 aliphatic carbocycles. The lowest BCUT2D eigenvalue weighted by molar-refractivity contribution is 0.581. The Morgan fingerprint density at radius 2 is 2.07 bits per heavy atom. The Kier molecular flexibility index (Phi) is 4.61. The Morgan fingerprint density at radius 3 is 2.75 bits per heavy atom. The van der Waals surface area contributed by atoms with Gasteiger partial charge in [0.15, 0.2) is 17.5 Å². The summed E-state index contributed by atoms with van der Waals surface area (Å²) in [6, 6.07) is 7.38. The molecule has 1 fully saturated rings. The molecule has 3 heterocycles. The molecule has 0 radical (unpaired) electrons. The van der Waals surface area contributed by atoms with Crippen LogP contribution in [0.25, 0.3) is 0 Å². The van der Waals surface area contributed by atoms with E-state index in [1.165, 1.54) is 12.3 Å². The predicted octanol–water partition coefficient (Wildman–Crippen LogP) is 4.14. The van der Waals surface area contributed by atoms with Crippen molar-refractivity contribution in [2.24, 2.45) is 0 Å². The topological polar surface area (TPSA) is 102 Å². The maximum absolute atomic E-state index is 14.4. The van der Waals surface area contributed by atoms with Gasteiger partial charge in [-0.15, -0.1) is 0 Å². The minimum absolute atomic E-state index is 0.0419. The third kappa shape index (κ3) is 3.76. The van der Waals surface area contributed by atoms with Gasteiger partial charge in [-0.25, -0.2) is 14.4 Å². The van der Waals surface area contributed by atoms with Crippen molar-refractivity contribution in [2.75, 3.05) is 10.6 Å². The molecule has 1 unspecified atom stereocenters. The molecule has 9 heteroatoms. The van der Waals surface area contributed by atoms with Gasteiger partial charge in [-0.3, -0.25) is 5.10 Å². The van der Waals surface area contributed by atoms with E-state index in [1.54, 1.807) is 6.07 Å². The first kappa shape index (κ1) is 17.9. The fourth-order valence-electron chi connectivity index (χ4n) is 2.83. The van der Waals surface area contributed by atoms with E-state index < -0.39 is 11.8 Å². The molecule has 3 aromatic rings. The maximum Gasteiger partial charge on any atom is 0.212 e.